The lowest BCUT2D eigenvalue weighted by molar-refractivity contribution is 0.568. The Labute approximate surface area is 74.9 Å². The van der Waals surface area contributed by atoms with Gasteiger partial charge in [0.05, 0.1) is 0 Å². The van der Waals surface area contributed by atoms with E-state index in [9.17, 15) is 0 Å². The van der Waals surface area contributed by atoms with Crippen molar-refractivity contribution in [3.8, 4) is 0 Å². The van der Waals surface area contributed by atoms with Crippen LogP contribution in [0.25, 0.3) is 5.57 Å². The average Bonchev–Trinajstić information content (AvgIpc) is 2.03. The Morgan fingerprint density at radius 1 is 1.25 bits per heavy atom. The molecule has 0 heterocycles. The highest BCUT2D eigenvalue weighted by Crippen LogP contribution is 2.31. The molecule has 0 saturated carbocycles. The highest BCUT2D eigenvalue weighted by Gasteiger charge is 2.15. The molecule has 0 heteroatoms. The van der Waals surface area contributed by atoms with Gasteiger partial charge in [-0.25, -0.2) is 0 Å². The van der Waals surface area contributed by atoms with Crippen LogP contribution < -0.4 is 0 Å². The van der Waals surface area contributed by atoms with Crippen LogP contribution in [-0.2, 0) is 0 Å². The molecule has 0 fully saturated rings. The Hall–Kier alpha value is -1.04. The van der Waals surface area contributed by atoms with Crippen LogP contribution in [0.2, 0.25) is 0 Å². The summed E-state index contributed by atoms with van der Waals surface area (Å²) in [6.07, 6.45) is 0. The van der Waals surface area contributed by atoms with Crippen LogP contribution >= 0.6 is 0 Å². The van der Waals surface area contributed by atoms with Gasteiger partial charge in [-0.3, -0.25) is 0 Å². The molecule has 0 aliphatic rings. The minimum atomic E-state index is 0.154. The summed E-state index contributed by atoms with van der Waals surface area (Å²) < 4.78 is 0. The van der Waals surface area contributed by atoms with Crippen molar-refractivity contribution >= 4 is 5.57 Å². The van der Waals surface area contributed by atoms with Gasteiger partial charge in [0, 0.05) is 0 Å². The maximum atomic E-state index is 4.08. The molecule has 63 valence electrons. The Bertz CT molecular complexity index is 262. The third-order valence-corrected chi connectivity index (χ3v) is 1.97. The molecule has 0 saturated heterocycles. The molecule has 0 bridgehead atoms. The molecule has 0 N–H and O–H groups in total. The van der Waals surface area contributed by atoms with Gasteiger partial charge in [0.15, 0.2) is 0 Å². The maximum Gasteiger partial charge on any atom is -0.0132 e. The molecule has 1 aromatic carbocycles. The molecular formula is C12H15. The van der Waals surface area contributed by atoms with Gasteiger partial charge < -0.3 is 0 Å². The van der Waals surface area contributed by atoms with Crippen molar-refractivity contribution in [2.24, 2.45) is 5.41 Å². The molecule has 12 heavy (non-hydrogen) atoms. The quantitative estimate of drug-likeness (QED) is 0.588. The Balaban J connectivity index is 2.94. The zero-order valence-corrected chi connectivity index (χ0v) is 8.02. The van der Waals surface area contributed by atoms with Gasteiger partial charge in [-0.1, -0.05) is 51.6 Å². The van der Waals surface area contributed by atoms with Crippen LogP contribution in [0.15, 0.2) is 30.8 Å². The van der Waals surface area contributed by atoms with E-state index >= 15 is 0 Å². The summed E-state index contributed by atoms with van der Waals surface area (Å²) in [7, 11) is 0. The van der Waals surface area contributed by atoms with Crippen molar-refractivity contribution in [1.29, 1.82) is 0 Å². The second-order valence-electron chi connectivity index (χ2n) is 4.02. The summed E-state index contributed by atoms with van der Waals surface area (Å²) in [5.41, 5.74) is 2.54. The fraction of sp³-hybridized carbons (Fsp3) is 0.333. The van der Waals surface area contributed by atoms with E-state index in [1.807, 2.05) is 24.3 Å². The van der Waals surface area contributed by atoms with Crippen LogP contribution in [0.5, 0.6) is 0 Å². The second-order valence-corrected chi connectivity index (χ2v) is 4.02. The van der Waals surface area contributed by atoms with Gasteiger partial charge in [-0.05, 0) is 22.6 Å². The summed E-state index contributed by atoms with van der Waals surface area (Å²) in [6, 6.07) is 10.9. The molecule has 0 aliphatic heterocycles. The minimum absolute atomic E-state index is 0.154. The first-order chi connectivity index (χ1) is 5.52. The van der Waals surface area contributed by atoms with Crippen LogP contribution in [0.4, 0.5) is 0 Å². The standard InChI is InChI=1S/C12H15/c1-10(12(2,3)4)11-8-6-5-7-9-11/h6-9H,1H2,2-4H3. The van der Waals surface area contributed by atoms with E-state index in [-0.39, 0.29) is 5.41 Å². The van der Waals surface area contributed by atoms with Crippen LogP contribution in [0.3, 0.4) is 0 Å². The molecule has 0 amide bonds. The first kappa shape index (κ1) is 9.05. The van der Waals surface area contributed by atoms with E-state index in [1.165, 1.54) is 11.1 Å². The number of allylic oxidation sites excluding steroid dienone is 1. The summed E-state index contributed by atoms with van der Waals surface area (Å²) in [4.78, 5) is 0. The van der Waals surface area contributed by atoms with Crippen molar-refractivity contribution < 1.29 is 0 Å². The third kappa shape index (κ3) is 1.97. The number of benzene rings is 1. The van der Waals surface area contributed by atoms with Crippen LogP contribution in [-0.4, -0.2) is 0 Å². The summed E-state index contributed by atoms with van der Waals surface area (Å²) in [5.74, 6) is 0. The van der Waals surface area contributed by atoms with Crippen molar-refractivity contribution in [2.45, 2.75) is 20.8 Å². The summed E-state index contributed by atoms with van der Waals surface area (Å²) in [6.45, 7) is 10.6. The van der Waals surface area contributed by atoms with Gasteiger partial charge in [-0.2, -0.15) is 0 Å². The van der Waals surface area contributed by atoms with Gasteiger partial charge in [0.25, 0.3) is 0 Å². The topological polar surface area (TPSA) is 0 Å². The summed E-state index contributed by atoms with van der Waals surface area (Å²) >= 11 is 0. The monoisotopic (exact) mass is 159 g/mol. The first-order valence-corrected chi connectivity index (χ1v) is 4.17. The predicted octanol–water partition coefficient (Wildman–Crippen LogP) is 3.55. The van der Waals surface area contributed by atoms with Crippen molar-refractivity contribution in [3.63, 3.8) is 0 Å². The normalized spacial score (nSPS) is 11.2. The molecule has 0 spiro atoms. The van der Waals surface area contributed by atoms with E-state index < -0.39 is 0 Å². The highest BCUT2D eigenvalue weighted by atomic mass is 14.2. The molecular weight excluding hydrogens is 144 g/mol. The lowest BCUT2D eigenvalue weighted by atomic mass is 9.83. The first-order valence-electron chi connectivity index (χ1n) is 4.17. The van der Waals surface area contributed by atoms with Gasteiger partial charge >= 0.3 is 0 Å². The SMILES string of the molecule is C=C(c1cc[c]cc1)C(C)(C)C. The molecule has 0 aliphatic carbocycles. The van der Waals surface area contributed by atoms with Gasteiger partial charge in [-0.15, -0.1) is 0 Å². The fourth-order valence-corrected chi connectivity index (χ4v) is 1.02. The van der Waals surface area contributed by atoms with Crippen molar-refractivity contribution in [1.82, 2.24) is 0 Å². The van der Waals surface area contributed by atoms with Crippen LogP contribution in [0.1, 0.15) is 26.3 Å². The predicted molar refractivity (Wildman–Crippen MR) is 53.8 cm³/mol. The number of rotatable bonds is 1. The molecule has 1 radical (unpaired) electrons. The highest BCUT2D eigenvalue weighted by molar-refractivity contribution is 5.66. The van der Waals surface area contributed by atoms with Crippen molar-refractivity contribution in [3.05, 3.63) is 42.5 Å². The number of hydrogen-bond acceptors (Lipinski definition) is 0. The molecule has 1 rings (SSSR count). The van der Waals surface area contributed by atoms with Crippen LogP contribution in [0, 0.1) is 11.5 Å². The summed E-state index contributed by atoms with van der Waals surface area (Å²) in [5, 5.41) is 0. The van der Waals surface area contributed by atoms with Crippen molar-refractivity contribution in [2.75, 3.05) is 0 Å². The smallest absolute Gasteiger partial charge is 0.0132 e. The van der Waals surface area contributed by atoms with E-state index in [2.05, 4.69) is 33.4 Å². The molecule has 0 aromatic heterocycles. The molecule has 0 unspecified atom stereocenters. The Kier molecular flexibility index (Phi) is 2.37. The second kappa shape index (κ2) is 3.14. The van der Waals surface area contributed by atoms with E-state index in [1.54, 1.807) is 0 Å². The lowest BCUT2D eigenvalue weighted by Crippen LogP contribution is -2.06. The molecule has 1 aromatic rings. The Morgan fingerprint density at radius 2 is 1.75 bits per heavy atom. The largest absolute Gasteiger partial charge is 0.0947 e. The average molecular weight is 159 g/mol. The third-order valence-electron chi connectivity index (χ3n) is 1.97. The van der Waals surface area contributed by atoms with E-state index in [0.717, 1.165) is 0 Å². The lowest BCUT2D eigenvalue weighted by Gasteiger charge is -2.21. The molecule has 0 nitrogen and oxygen atoms in total. The fourth-order valence-electron chi connectivity index (χ4n) is 1.02. The van der Waals surface area contributed by atoms with Gasteiger partial charge in [0.1, 0.15) is 0 Å². The number of hydrogen-bond donors (Lipinski definition) is 0. The Morgan fingerprint density at radius 3 is 2.17 bits per heavy atom. The van der Waals surface area contributed by atoms with E-state index in [0.29, 0.717) is 0 Å². The maximum absolute atomic E-state index is 4.08. The van der Waals surface area contributed by atoms with E-state index in [4.69, 9.17) is 0 Å². The van der Waals surface area contributed by atoms with Gasteiger partial charge in [0.2, 0.25) is 0 Å². The zero-order chi connectivity index (χ0) is 9.19. The zero-order valence-electron chi connectivity index (χ0n) is 8.02. The molecule has 0 atom stereocenters. The minimum Gasteiger partial charge on any atom is -0.0947 e.